The van der Waals surface area contributed by atoms with Gasteiger partial charge in [0.05, 0.1) is 18.8 Å². The molecule has 0 aliphatic heterocycles. The molecule has 0 aliphatic rings. The fraction of sp³-hybridized carbons (Fsp3) is 0.941. The number of carbonyl (C=O) groups is 1. The second-order valence-electron chi connectivity index (χ2n) is 9.17. The molecule has 9 heteroatoms. The summed E-state index contributed by atoms with van der Waals surface area (Å²) in [7, 11) is -2.18. The van der Waals surface area contributed by atoms with E-state index in [4.69, 9.17) is 14.7 Å². The van der Waals surface area contributed by atoms with Crippen molar-refractivity contribution in [1.82, 2.24) is 5.32 Å². The van der Waals surface area contributed by atoms with Crippen molar-refractivity contribution in [2.24, 2.45) is 11.0 Å². The minimum Gasteiger partial charge on any atom is -0.444 e. The lowest BCUT2D eigenvalue weighted by Gasteiger charge is -2.43. The number of nitrogens with one attached hydrogen (secondary N) is 1. The summed E-state index contributed by atoms with van der Waals surface area (Å²) in [6.07, 6.45) is -1.12. The highest BCUT2D eigenvalue weighted by atomic mass is 28.4. The van der Waals surface area contributed by atoms with E-state index in [1.54, 1.807) is 20.8 Å². The first-order valence-electron chi connectivity index (χ1n) is 8.93. The van der Waals surface area contributed by atoms with Crippen molar-refractivity contribution >= 4 is 14.4 Å². The van der Waals surface area contributed by atoms with Crippen LogP contribution in [0.2, 0.25) is 18.1 Å². The van der Waals surface area contributed by atoms with Gasteiger partial charge >= 0.3 is 6.09 Å². The van der Waals surface area contributed by atoms with Gasteiger partial charge in [0.1, 0.15) is 5.60 Å². The average Bonchev–Trinajstić information content (AvgIpc) is 2.45. The van der Waals surface area contributed by atoms with Gasteiger partial charge in [0, 0.05) is 11.5 Å². The number of rotatable bonds is 8. The molecule has 0 aliphatic carbocycles. The van der Waals surface area contributed by atoms with Gasteiger partial charge in [0.25, 0.3) is 0 Å². The molecule has 0 heterocycles. The Morgan fingerprint density at radius 2 is 1.81 bits per heavy atom. The van der Waals surface area contributed by atoms with E-state index in [9.17, 15) is 9.90 Å². The maximum Gasteiger partial charge on any atom is 0.408 e. The molecule has 0 aromatic rings. The second-order valence-corrected chi connectivity index (χ2v) is 13.9. The number of carbonyl (C=O) groups excluding carboxylic acids is 1. The number of nitrogens with zero attached hydrogens (tertiary/aromatic N) is 3. The molecular weight excluding hydrogens is 352 g/mol. The largest absolute Gasteiger partial charge is 0.444 e. The molecular formula is C17H36N4O4Si. The maximum atomic E-state index is 12.2. The summed E-state index contributed by atoms with van der Waals surface area (Å²) in [5.74, 6) is -0.188. The van der Waals surface area contributed by atoms with E-state index in [0.717, 1.165) is 0 Å². The Hall–Kier alpha value is -1.28. The fourth-order valence-corrected chi connectivity index (χ4v) is 3.50. The van der Waals surface area contributed by atoms with Gasteiger partial charge in [-0.2, -0.15) is 0 Å². The van der Waals surface area contributed by atoms with Crippen molar-refractivity contribution in [3.05, 3.63) is 10.4 Å². The zero-order valence-electron chi connectivity index (χ0n) is 17.7. The minimum atomic E-state index is -2.18. The zero-order chi connectivity index (χ0) is 20.8. The molecule has 26 heavy (non-hydrogen) atoms. The maximum absolute atomic E-state index is 12.2. The molecule has 1 amide bonds. The Bertz CT molecular complexity index is 508. The van der Waals surface area contributed by atoms with Crippen molar-refractivity contribution in [3.8, 4) is 0 Å². The van der Waals surface area contributed by atoms with E-state index in [1.165, 1.54) is 0 Å². The standard InChI is InChI=1S/C17H36N4O4Si/c1-12(10-19-21-18)14(25-26(8,9)17(5,6)7)13(11-22)20-15(23)24-16(2,3)4/h12-14,22H,10-11H2,1-9H3,(H,20,23)/t12-,13+,14-/m0/s1. The first-order valence-corrected chi connectivity index (χ1v) is 11.8. The van der Waals surface area contributed by atoms with Crippen LogP contribution in [-0.2, 0) is 9.16 Å². The van der Waals surface area contributed by atoms with Gasteiger partial charge in [-0.3, -0.25) is 0 Å². The summed E-state index contributed by atoms with van der Waals surface area (Å²) in [5, 5.41) is 16.2. The minimum absolute atomic E-state index is 0.0462. The third-order valence-corrected chi connectivity index (χ3v) is 9.00. The Labute approximate surface area is 158 Å². The predicted octanol–water partition coefficient (Wildman–Crippen LogP) is 4.21. The van der Waals surface area contributed by atoms with Crippen molar-refractivity contribution in [2.45, 2.75) is 84.3 Å². The smallest absolute Gasteiger partial charge is 0.408 e. The molecule has 0 fully saturated rings. The predicted molar refractivity (Wildman–Crippen MR) is 105 cm³/mol. The number of hydrogen-bond acceptors (Lipinski definition) is 5. The SMILES string of the molecule is C[C@@H](CN=[N+]=[N-])[C@H](O[Si](C)(C)C(C)(C)C)[C@@H](CO)NC(=O)OC(C)(C)C. The van der Waals surface area contributed by atoms with Crippen LogP contribution < -0.4 is 5.32 Å². The molecule has 0 saturated heterocycles. The van der Waals surface area contributed by atoms with Gasteiger partial charge in [0.15, 0.2) is 8.32 Å². The number of alkyl carbamates (subject to hydrolysis) is 1. The summed E-state index contributed by atoms with van der Waals surface area (Å²) in [6, 6.07) is -0.664. The number of aliphatic hydroxyl groups excluding tert-OH is 1. The highest BCUT2D eigenvalue weighted by molar-refractivity contribution is 6.74. The molecule has 0 unspecified atom stereocenters. The number of amides is 1. The lowest BCUT2D eigenvalue weighted by atomic mass is 9.98. The molecule has 0 aromatic heterocycles. The van der Waals surface area contributed by atoms with Crippen LogP contribution in [0.15, 0.2) is 5.11 Å². The Balaban J connectivity index is 5.51. The highest BCUT2D eigenvalue weighted by Gasteiger charge is 2.42. The lowest BCUT2D eigenvalue weighted by molar-refractivity contribution is 0.0278. The van der Waals surface area contributed by atoms with E-state index in [1.807, 2.05) is 6.92 Å². The van der Waals surface area contributed by atoms with Crippen LogP contribution in [0.5, 0.6) is 0 Å². The summed E-state index contributed by atoms with van der Waals surface area (Å²) in [6.45, 7) is 17.6. The molecule has 0 radical (unpaired) electrons. The summed E-state index contributed by atoms with van der Waals surface area (Å²) in [5.41, 5.74) is 7.97. The Morgan fingerprint density at radius 1 is 1.27 bits per heavy atom. The molecule has 0 bridgehead atoms. The summed E-state index contributed by atoms with van der Waals surface area (Å²) in [4.78, 5) is 15.0. The van der Waals surface area contributed by atoms with Gasteiger partial charge in [-0.25, -0.2) is 4.79 Å². The van der Waals surface area contributed by atoms with Crippen molar-refractivity contribution in [2.75, 3.05) is 13.2 Å². The third-order valence-electron chi connectivity index (χ3n) is 4.53. The lowest BCUT2D eigenvalue weighted by Crippen LogP contribution is -2.56. The molecule has 2 N–H and O–H groups in total. The first-order chi connectivity index (χ1) is 11.6. The summed E-state index contributed by atoms with van der Waals surface area (Å²) >= 11 is 0. The van der Waals surface area contributed by atoms with Gasteiger partial charge in [0.2, 0.25) is 0 Å². The number of azide groups is 1. The van der Waals surface area contributed by atoms with Crippen molar-refractivity contribution in [1.29, 1.82) is 0 Å². The van der Waals surface area contributed by atoms with Gasteiger partial charge in [-0.05, 0) is 50.4 Å². The second kappa shape index (κ2) is 9.59. The van der Waals surface area contributed by atoms with Crippen LogP contribution in [0.1, 0.15) is 48.5 Å². The fourth-order valence-electron chi connectivity index (χ4n) is 2.07. The van der Waals surface area contributed by atoms with Gasteiger partial charge < -0.3 is 19.6 Å². The highest BCUT2D eigenvalue weighted by Crippen LogP contribution is 2.38. The molecule has 152 valence electrons. The van der Waals surface area contributed by atoms with E-state index in [0.29, 0.717) is 0 Å². The van der Waals surface area contributed by atoms with Crippen molar-refractivity contribution < 1.29 is 19.1 Å². The topological polar surface area (TPSA) is 117 Å². The Kier molecular flexibility index (Phi) is 9.12. The molecule has 0 rings (SSSR count). The third kappa shape index (κ3) is 8.40. The number of ether oxygens (including phenoxy) is 1. The monoisotopic (exact) mass is 388 g/mol. The zero-order valence-corrected chi connectivity index (χ0v) is 18.7. The summed E-state index contributed by atoms with van der Waals surface area (Å²) < 4.78 is 11.8. The number of aliphatic hydroxyl groups is 1. The molecule has 0 aromatic carbocycles. The van der Waals surface area contributed by atoms with Gasteiger partial charge in [-0.15, -0.1) is 0 Å². The molecule has 3 atom stereocenters. The normalized spacial score (nSPS) is 16.2. The van der Waals surface area contributed by atoms with Crippen LogP contribution >= 0.6 is 0 Å². The van der Waals surface area contributed by atoms with Crippen LogP contribution in [0, 0.1) is 5.92 Å². The van der Waals surface area contributed by atoms with Crippen LogP contribution in [-0.4, -0.2) is 50.4 Å². The molecule has 8 nitrogen and oxygen atoms in total. The van der Waals surface area contributed by atoms with Gasteiger partial charge in [-0.1, -0.05) is 32.8 Å². The van der Waals surface area contributed by atoms with E-state index < -0.39 is 32.2 Å². The van der Waals surface area contributed by atoms with Crippen LogP contribution in [0.4, 0.5) is 4.79 Å². The first kappa shape index (κ1) is 24.7. The van der Waals surface area contributed by atoms with E-state index >= 15 is 0 Å². The number of hydrogen-bond donors (Lipinski definition) is 2. The van der Waals surface area contributed by atoms with Crippen LogP contribution in [0.25, 0.3) is 10.4 Å². The Morgan fingerprint density at radius 3 is 2.19 bits per heavy atom. The quantitative estimate of drug-likeness (QED) is 0.280. The van der Waals surface area contributed by atoms with Crippen LogP contribution in [0.3, 0.4) is 0 Å². The molecule has 0 saturated carbocycles. The average molecular weight is 389 g/mol. The molecule has 0 spiro atoms. The van der Waals surface area contributed by atoms with E-state index in [2.05, 4.69) is 49.2 Å². The van der Waals surface area contributed by atoms with Crippen molar-refractivity contribution in [3.63, 3.8) is 0 Å². The van der Waals surface area contributed by atoms with E-state index in [-0.39, 0.29) is 24.1 Å².